The van der Waals surface area contributed by atoms with E-state index in [1.807, 2.05) is 6.92 Å². The number of hydrogen-bond acceptors (Lipinski definition) is 4. The zero-order valence-electron chi connectivity index (χ0n) is 11.1. The van der Waals surface area contributed by atoms with E-state index in [2.05, 4.69) is 0 Å². The smallest absolute Gasteiger partial charge is 0.335 e. The fourth-order valence-corrected chi connectivity index (χ4v) is 2.23. The number of benzene rings is 1. The van der Waals surface area contributed by atoms with Crippen molar-refractivity contribution < 1.29 is 19.4 Å². The number of aromatic carboxylic acids is 1. The lowest BCUT2D eigenvalue weighted by molar-refractivity contribution is -0.142. The van der Waals surface area contributed by atoms with Crippen molar-refractivity contribution in [2.75, 3.05) is 6.61 Å². The molecule has 19 heavy (non-hydrogen) atoms. The van der Waals surface area contributed by atoms with Gasteiger partial charge in [0.2, 0.25) is 0 Å². The monoisotopic (exact) mass is 282 g/mol. The first-order chi connectivity index (χ1) is 9.04. The fourth-order valence-electron chi connectivity index (χ4n) is 1.36. The molecule has 0 saturated carbocycles. The summed E-state index contributed by atoms with van der Waals surface area (Å²) in [4.78, 5) is 23.2. The maximum Gasteiger partial charge on any atom is 0.335 e. The van der Waals surface area contributed by atoms with Crippen LogP contribution in [0.4, 0.5) is 0 Å². The molecule has 1 N–H and O–H groups in total. The molecule has 1 aromatic carbocycles. The standard InChI is InChI=1S/C14H18O4S/c1-3-4-9-18-14(17)10(2)19-12-7-5-11(6-8-12)13(15)16/h5-8,10H,3-4,9H2,1-2H3,(H,15,16). The van der Waals surface area contributed by atoms with Crippen molar-refractivity contribution in [2.24, 2.45) is 0 Å². The molecule has 0 heterocycles. The highest BCUT2D eigenvalue weighted by atomic mass is 32.2. The van der Waals surface area contributed by atoms with Crippen molar-refractivity contribution in [1.29, 1.82) is 0 Å². The largest absolute Gasteiger partial charge is 0.478 e. The molecule has 1 aromatic rings. The average molecular weight is 282 g/mol. The lowest BCUT2D eigenvalue weighted by Gasteiger charge is -2.11. The molecule has 1 atom stereocenters. The summed E-state index contributed by atoms with van der Waals surface area (Å²) in [6.07, 6.45) is 1.86. The number of carboxylic acids is 1. The van der Waals surface area contributed by atoms with Gasteiger partial charge >= 0.3 is 11.9 Å². The summed E-state index contributed by atoms with van der Waals surface area (Å²) in [5, 5.41) is 8.49. The zero-order valence-corrected chi connectivity index (χ0v) is 11.9. The number of unbranched alkanes of at least 4 members (excludes halogenated alkanes) is 1. The maximum absolute atomic E-state index is 11.7. The van der Waals surface area contributed by atoms with Crippen LogP contribution in [0.3, 0.4) is 0 Å². The number of carboxylic acid groups (broad SMARTS) is 1. The molecule has 0 fully saturated rings. The lowest BCUT2D eigenvalue weighted by atomic mass is 10.2. The first kappa shape index (κ1) is 15.6. The van der Waals surface area contributed by atoms with Gasteiger partial charge in [-0.2, -0.15) is 0 Å². The van der Waals surface area contributed by atoms with Crippen LogP contribution in [0.15, 0.2) is 29.2 Å². The quantitative estimate of drug-likeness (QED) is 0.472. The topological polar surface area (TPSA) is 63.6 Å². The van der Waals surface area contributed by atoms with Crippen LogP contribution in [0.2, 0.25) is 0 Å². The lowest BCUT2D eigenvalue weighted by Crippen LogP contribution is -2.17. The maximum atomic E-state index is 11.7. The highest BCUT2D eigenvalue weighted by Crippen LogP contribution is 2.24. The van der Waals surface area contributed by atoms with E-state index in [-0.39, 0.29) is 16.8 Å². The molecule has 0 aromatic heterocycles. The summed E-state index contributed by atoms with van der Waals surface area (Å²) in [6, 6.07) is 6.45. The second-order valence-corrected chi connectivity index (χ2v) is 5.52. The van der Waals surface area contributed by atoms with Crippen molar-refractivity contribution in [2.45, 2.75) is 36.8 Å². The van der Waals surface area contributed by atoms with E-state index in [1.165, 1.54) is 23.9 Å². The van der Waals surface area contributed by atoms with E-state index in [4.69, 9.17) is 9.84 Å². The van der Waals surface area contributed by atoms with Crippen molar-refractivity contribution in [3.63, 3.8) is 0 Å². The minimum Gasteiger partial charge on any atom is -0.478 e. The van der Waals surface area contributed by atoms with Gasteiger partial charge in [0.05, 0.1) is 12.2 Å². The average Bonchev–Trinajstić information content (AvgIpc) is 2.39. The number of hydrogen-bond donors (Lipinski definition) is 1. The number of carbonyl (C=O) groups excluding carboxylic acids is 1. The van der Waals surface area contributed by atoms with Crippen molar-refractivity contribution in [3.8, 4) is 0 Å². The number of thioether (sulfide) groups is 1. The Hall–Kier alpha value is -1.49. The molecular formula is C14H18O4S. The SMILES string of the molecule is CCCCOC(=O)C(C)Sc1ccc(C(=O)O)cc1. The van der Waals surface area contributed by atoms with Gasteiger partial charge in [-0.25, -0.2) is 4.79 Å². The second-order valence-electron chi connectivity index (χ2n) is 4.11. The minimum atomic E-state index is -0.955. The Morgan fingerprint density at radius 2 is 1.95 bits per heavy atom. The third kappa shape index (κ3) is 5.34. The fraction of sp³-hybridized carbons (Fsp3) is 0.429. The summed E-state index contributed by atoms with van der Waals surface area (Å²) in [7, 11) is 0. The number of ether oxygens (including phenoxy) is 1. The Labute approximate surface area is 117 Å². The van der Waals surface area contributed by atoms with E-state index < -0.39 is 5.97 Å². The molecule has 104 valence electrons. The van der Waals surface area contributed by atoms with Crippen molar-refractivity contribution in [1.82, 2.24) is 0 Å². The van der Waals surface area contributed by atoms with Gasteiger partial charge in [0.25, 0.3) is 0 Å². The summed E-state index contributed by atoms with van der Waals surface area (Å²) in [5.41, 5.74) is 0.238. The van der Waals surface area contributed by atoms with Crippen LogP contribution in [0.1, 0.15) is 37.0 Å². The van der Waals surface area contributed by atoms with E-state index in [9.17, 15) is 9.59 Å². The Kier molecular flexibility index (Phi) is 6.42. The molecule has 0 aliphatic rings. The minimum absolute atomic E-state index is 0.235. The van der Waals surface area contributed by atoms with Crippen molar-refractivity contribution >= 4 is 23.7 Å². The van der Waals surface area contributed by atoms with Gasteiger partial charge in [-0.1, -0.05) is 13.3 Å². The number of carbonyl (C=O) groups is 2. The van der Waals surface area contributed by atoms with Gasteiger partial charge in [-0.05, 0) is 37.6 Å². The third-order valence-electron chi connectivity index (χ3n) is 2.49. The molecule has 0 bridgehead atoms. The normalized spacial score (nSPS) is 11.9. The van der Waals surface area contributed by atoms with Gasteiger partial charge in [-0.15, -0.1) is 11.8 Å². The number of rotatable bonds is 7. The molecule has 1 unspecified atom stereocenters. The van der Waals surface area contributed by atoms with Crippen LogP contribution in [-0.2, 0) is 9.53 Å². The third-order valence-corrected chi connectivity index (χ3v) is 3.58. The molecule has 5 heteroatoms. The summed E-state index contributed by atoms with van der Waals surface area (Å²) >= 11 is 1.36. The van der Waals surface area contributed by atoms with Crippen molar-refractivity contribution in [3.05, 3.63) is 29.8 Å². The summed E-state index contributed by atoms with van der Waals surface area (Å²) < 4.78 is 5.12. The molecule has 4 nitrogen and oxygen atoms in total. The predicted molar refractivity (Wildman–Crippen MR) is 74.6 cm³/mol. The summed E-state index contributed by atoms with van der Waals surface area (Å²) in [5.74, 6) is -1.19. The van der Waals surface area contributed by atoms with Crippen LogP contribution in [-0.4, -0.2) is 28.9 Å². The highest BCUT2D eigenvalue weighted by Gasteiger charge is 2.15. The Bertz CT molecular complexity index is 428. The van der Waals surface area contributed by atoms with Gasteiger partial charge in [0.1, 0.15) is 5.25 Å². The molecule has 0 amide bonds. The molecule has 0 aliphatic heterocycles. The van der Waals surface area contributed by atoms with Gasteiger partial charge in [0, 0.05) is 4.90 Å². The van der Waals surface area contributed by atoms with Crippen LogP contribution in [0.5, 0.6) is 0 Å². The summed E-state index contributed by atoms with van der Waals surface area (Å²) in [6.45, 7) is 4.28. The second kappa shape index (κ2) is 7.84. The van der Waals surface area contributed by atoms with E-state index in [0.29, 0.717) is 6.61 Å². The molecule has 0 spiro atoms. The van der Waals surface area contributed by atoms with Gasteiger partial charge in [0.15, 0.2) is 0 Å². The Morgan fingerprint density at radius 1 is 1.32 bits per heavy atom. The van der Waals surface area contributed by atoms with Crippen LogP contribution in [0, 0.1) is 0 Å². The molecule has 0 saturated heterocycles. The van der Waals surface area contributed by atoms with Crippen LogP contribution < -0.4 is 0 Å². The first-order valence-corrected chi connectivity index (χ1v) is 7.09. The first-order valence-electron chi connectivity index (χ1n) is 6.21. The molecule has 1 rings (SSSR count). The number of esters is 1. The van der Waals surface area contributed by atoms with E-state index in [0.717, 1.165) is 17.7 Å². The Balaban J connectivity index is 2.49. The molecule has 0 radical (unpaired) electrons. The van der Waals surface area contributed by atoms with Crippen LogP contribution in [0.25, 0.3) is 0 Å². The zero-order chi connectivity index (χ0) is 14.3. The molecular weight excluding hydrogens is 264 g/mol. The predicted octanol–water partition coefficient (Wildman–Crippen LogP) is 3.21. The highest BCUT2D eigenvalue weighted by molar-refractivity contribution is 8.00. The van der Waals surface area contributed by atoms with E-state index in [1.54, 1.807) is 19.1 Å². The molecule has 0 aliphatic carbocycles. The van der Waals surface area contributed by atoms with Gasteiger partial charge < -0.3 is 9.84 Å². The Morgan fingerprint density at radius 3 is 2.47 bits per heavy atom. The van der Waals surface area contributed by atoms with E-state index >= 15 is 0 Å². The van der Waals surface area contributed by atoms with Crippen LogP contribution >= 0.6 is 11.8 Å². The van der Waals surface area contributed by atoms with Gasteiger partial charge in [-0.3, -0.25) is 4.79 Å².